The summed E-state index contributed by atoms with van der Waals surface area (Å²) in [6.45, 7) is 11.0. The highest BCUT2D eigenvalue weighted by Crippen LogP contribution is 2.31. The van der Waals surface area contributed by atoms with Crippen molar-refractivity contribution in [3.05, 3.63) is 53.5 Å². The van der Waals surface area contributed by atoms with E-state index >= 15 is 0 Å². The predicted octanol–water partition coefficient (Wildman–Crippen LogP) is 2.38. The van der Waals surface area contributed by atoms with Crippen LogP contribution in [0.2, 0.25) is 0 Å². The van der Waals surface area contributed by atoms with E-state index in [9.17, 15) is 9.35 Å². The topological polar surface area (TPSA) is 92.1 Å². The van der Waals surface area contributed by atoms with E-state index in [2.05, 4.69) is 57.6 Å². The fraction of sp³-hybridized carbons (Fsp3) is 0.536. The van der Waals surface area contributed by atoms with Crippen molar-refractivity contribution in [1.29, 1.82) is 0 Å². The first-order valence-electron chi connectivity index (χ1n) is 13.5. The quantitative estimate of drug-likeness (QED) is 0.569. The molecule has 0 bridgehead atoms. The minimum absolute atomic E-state index is 0.115. The Bertz CT molecular complexity index is 1210. The third kappa shape index (κ3) is 5.62. The van der Waals surface area contributed by atoms with Crippen molar-refractivity contribution in [3.63, 3.8) is 0 Å². The van der Waals surface area contributed by atoms with Crippen LogP contribution in [0.3, 0.4) is 0 Å². The summed E-state index contributed by atoms with van der Waals surface area (Å²) in [5.41, 5.74) is 5.29. The Labute approximate surface area is 228 Å². The number of piperidine rings is 1. The van der Waals surface area contributed by atoms with Crippen molar-refractivity contribution in [3.8, 4) is 0 Å². The van der Waals surface area contributed by atoms with Gasteiger partial charge in [0.2, 0.25) is 5.91 Å². The fourth-order valence-corrected chi connectivity index (χ4v) is 6.56. The highest BCUT2D eigenvalue weighted by Gasteiger charge is 2.37. The SMILES string of the molecule is Cc1cc(C)n(CC(=O)N2CCN(c3ccccc3C3=CNC(C)(N4CCC([S+](C)[O-])CC4)N=C3)CC2)n1. The summed E-state index contributed by atoms with van der Waals surface area (Å²) in [5, 5.41) is 8.28. The summed E-state index contributed by atoms with van der Waals surface area (Å²) in [5.74, 6) is -0.375. The number of anilines is 1. The van der Waals surface area contributed by atoms with Crippen LogP contribution < -0.4 is 10.2 Å². The number of hydrogen-bond donors (Lipinski definition) is 1. The zero-order valence-electron chi connectivity index (χ0n) is 22.9. The largest absolute Gasteiger partial charge is 0.616 e. The van der Waals surface area contributed by atoms with Crippen molar-refractivity contribution in [2.45, 2.75) is 51.2 Å². The molecule has 9 nitrogen and oxygen atoms in total. The summed E-state index contributed by atoms with van der Waals surface area (Å²) in [6, 6.07) is 10.4. The predicted molar refractivity (Wildman–Crippen MR) is 154 cm³/mol. The van der Waals surface area contributed by atoms with Crippen molar-refractivity contribution >= 4 is 34.6 Å². The van der Waals surface area contributed by atoms with E-state index in [-0.39, 0.29) is 17.7 Å². The Hall–Kier alpha value is -2.82. The summed E-state index contributed by atoms with van der Waals surface area (Å²) in [7, 11) is 0. The molecule has 204 valence electrons. The summed E-state index contributed by atoms with van der Waals surface area (Å²) in [4.78, 5) is 24.5. The Morgan fingerprint density at radius 1 is 1.13 bits per heavy atom. The zero-order chi connectivity index (χ0) is 26.9. The average molecular weight is 538 g/mol. The van der Waals surface area contributed by atoms with Crippen LogP contribution in [0.25, 0.3) is 5.57 Å². The second-order valence-corrected chi connectivity index (χ2v) is 12.3. The molecule has 2 atom stereocenters. The number of aliphatic imine (C=N–C) groups is 1. The maximum atomic E-state index is 12.9. The van der Waals surface area contributed by atoms with Gasteiger partial charge in [-0.15, -0.1) is 0 Å². The Morgan fingerprint density at radius 3 is 2.45 bits per heavy atom. The maximum Gasteiger partial charge on any atom is 0.244 e. The second-order valence-electron chi connectivity index (χ2n) is 10.7. The van der Waals surface area contributed by atoms with E-state index < -0.39 is 17.0 Å². The van der Waals surface area contributed by atoms with Gasteiger partial charge >= 0.3 is 0 Å². The third-order valence-electron chi connectivity index (χ3n) is 8.06. The minimum atomic E-state index is -0.764. The molecular weight excluding hydrogens is 498 g/mol. The smallest absolute Gasteiger partial charge is 0.244 e. The normalized spacial score (nSPS) is 23.8. The molecule has 10 heteroatoms. The molecule has 0 aliphatic carbocycles. The minimum Gasteiger partial charge on any atom is -0.616 e. The van der Waals surface area contributed by atoms with Gasteiger partial charge in [0.05, 0.1) is 11.9 Å². The zero-order valence-corrected chi connectivity index (χ0v) is 23.7. The number of aromatic nitrogens is 2. The molecule has 1 amide bonds. The molecule has 1 N–H and O–H groups in total. The van der Waals surface area contributed by atoms with Gasteiger partial charge in [-0.1, -0.05) is 29.4 Å². The number of aryl methyl sites for hydroxylation is 2. The van der Waals surface area contributed by atoms with Gasteiger partial charge in [-0.2, -0.15) is 5.10 Å². The number of likely N-dealkylation sites (tertiary alicyclic amines) is 1. The summed E-state index contributed by atoms with van der Waals surface area (Å²) >= 11 is -0.764. The van der Waals surface area contributed by atoms with Gasteiger partial charge in [-0.05, 0) is 32.9 Å². The van der Waals surface area contributed by atoms with Crippen LogP contribution in [0.5, 0.6) is 0 Å². The molecule has 2 fully saturated rings. The number of amides is 1. The number of carbonyl (C=O) groups is 1. The lowest BCUT2D eigenvalue weighted by Gasteiger charge is -2.43. The lowest BCUT2D eigenvalue weighted by atomic mass is 10.0. The van der Waals surface area contributed by atoms with Crippen molar-refractivity contribution in [2.75, 3.05) is 50.4 Å². The molecule has 0 saturated carbocycles. The average Bonchev–Trinajstić information content (AvgIpc) is 3.25. The van der Waals surface area contributed by atoms with Crippen LogP contribution in [0.15, 0.2) is 41.5 Å². The number of rotatable bonds is 6. The van der Waals surface area contributed by atoms with Gasteiger partial charge in [0.15, 0.2) is 5.79 Å². The van der Waals surface area contributed by atoms with Crippen LogP contribution in [0.1, 0.15) is 36.7 Å². The molecule has 2 unspecified atom stereocenters. The first-order chi connectivity index (χ1) is 18.2. The molecule has 0 spiro atoms. The fourth-order valence-electron chi connectivity index (χ4n) is 5.68. The Kier molecular flexibility index (Phi) is 7.83. The number of allylic oxidation sites excluding steroid dienone is 1. The molecule has 4 heterocycles. The van der Waals surface area contributed by atoms with Crippen molar-refractivity contribution in [1.82, 2.24) is 24.9 Å². The molecule has 1 aromatic carbocycles. The molecule has 2 saturated heterocycles. The third-order valence-corrected chi connectivity index (χ3v) is 9.47. The lowest BCUT2D eigenvalue weighted by molar-refractivity contribution is -0.132. The van der Waals surface area contributed by atoms with Gasteiger partial charge in [0.1, 0.15) is 11.8 Å². The molecule has 38 heavy (non-hydrogen) atoms. The highest BCUT2D eigenvalue weighted by molar-refractivity contribution is 7.91. The maximum absolute atomic E-state index is 12.9. The molecule has 1 aromatic heterocycles. The van der Waals surface area contributed by atoms with Gasteiger partial charge < -0.3 is 19.7 Å². The van der Waals surface area contributed by atoms with Crippen molar-refractivity contribution in [2.24, 2.45) is 4.99 Å². The van der Waals surface area contributed by atoms with Crippen LogP contribution in [-0.2, 0) is 22.5 Å². The van der Waals surface area contributed by atoms with Gasteiger partial charge in [0, 0.05) is 87.0 Å². The van der Waals surface area contributed by atoms with Crippen LogP contribution in [0.4, 0.5) is 5.69 Å². The number of benzene rings is 1. The molecule has 3 aliphatic rings. The summed E-state index contributed by atoms with van der Waals surface area (Å²) < 4.78 is 13.7. The molecule has 2 aromatic rings. The van der Waals surface area contributed by atoms with Crippen molar-refractivity contribution < 1.29 is 9.35 Å². The number of hydrogen-bond acceptors (Lipinski definition) is 7. The molecule has 3 aliphatic heterocycles. The van der Waals surface area contributed by atoms with E-state index in [0.717, 1.165) is 67.2 Å². The Balaban J connectivity index is 1.21. The van der Waals surface area contributed by atoms with E-state index in [4.69, 9.17) is 4.99 Å². The summed E-state index contributed by atoms with van der Waals surface area (Å²) in [6.07, 6.45) is 7.74. The van der Waals surface area contributed by atoms with E-state index in [0.29, 0.717) is 13.1 Å². The van der Waals surface area contributed by atoms with Crippen LogP contribution in [0, 0.1) is 13.8 Å². The first-order valence-corrected chi connectivity index (χ1v) is 15.1. The monoisotopic (exact) mass is 537 g/mol. The van der Waals surface area contributed by atoms with E-state index in [1.807, 2.05) is 37.3 Å². The second kappa shape index (κ2) is 11.1. The van der Waals surface area contributed by atoms with Crippen LogP contribution >= 0.6 is 0 Å². The van der Waals surface area contributed by atoms with E-state index in [1.165, 1.54) is 0 Å². The lowest BCUT2D eigenvalue weighted by Crippen LogP contribution is -2.58. The Morgan fingerprint density at radius 2 is 1.84 bits per heavy atom. The number of para-hydroxylation sites is 1. The molecule has 5 rings (SSSR count). The first kappa shape index (κ1) is 26.8. The van der Waals surface area contributed by atoms with Crippen LogP contribution in [-0.4, -0.2) is 92.8 Å². The standard InChI is InChI=1S/C28H39N7O2S/c1-21-17-22(2)35(31-21)20-27(36)33-15-13-32(14-16-33)26-8-6-5-7-25(26)23-18-29-28(3,30-19-23)34-11-9-24(10-12-34)38(4)37/h5-8,17-19,24,29H,9-16,20H2,1-4H3. The van der Waals surface area contributed by atoms with Gasteiger partial charge in [0.25, 0.3) is 0 Å². The number of carbonyl (C=O) groups excluding carboxylic acids is 1. The van der Waals surface area contributed by atoms with E-state index in [1.54, 1.807) is 4.68 Å². The number of nitrogens with zero attached hydrogens (tertiary/aromatic N) is 6. The van der Waals surface area contributed by atoms with Gasteiger partial charge in [-0.3, -0.25) is 19.4 Å². The highest BCUT2D eigenvalue weighted by atomic mass is 32.2. The molecule has 0 radical (unpaired) electrons. The number of nitrogens with one attached hydrogen (secondary N) is 1. The number of piperazine rings is 1. The molecular formula is C28H39N7O2S. The van der Waals surface area contributed by atoms with Gasteiger partial charge in [-0.25, -0.2) is 0 Å².